The average molecular weight is 279 g/mol. The summed E-state index contributed by atoms with van der Waals surface area (Å²) < 4.78 is 2.83. The highest BCUT2D eigenvalue weighted by Gasteiger charge is 2.05. The second-order valence-electron chi connectivity index (χ2n) is 4.31. The Morgan fingerprint density at radius 3 is 2.74 bits per heavy atom. The van der Waals surface area contributed by atoms with E-state index < -0.39 is 0 Å². The van der Waals surface area contributed by atoms with Gasteiger partial charge in [-0.3, -0.25) is 9.36 Å². The third-order valence-corrected chi connectivity index (χ3v) is 3.68. The summed E-state index contributed by atoms with van der Waals surface area (Å²) in [6, 6.07) is 3.48. The van der Waals surface area contributed by atoms with E-state index in [1.165, 1.54) is 16.2 Å². The van der Waals surface area contributed by atoms with Gasteiger partial charge in [-0.25, -0.2) is 4.79 Å². The molecule has 0 amide bonds. The summed E-state index contributed by atoms with van der Waals surface area (Å²) in [5.41, 5.74) is 6.11. The molecule has 2 aromatic rings. The second kappa shape index (κ2) is 6.49. The molecule has 0 bridgehead atoms. The Morgan fingerprint density at radius 2 is 2.05 bits per heavy atom. The molecule has 5 nitrogen and oxygen atoms in total. The average Bonchev–Trinajstić information content (AvgIpc) is 2.91. The summed E-state index contributed by atoms with van der Waals surface area (Å²) in [6.45, 7) is 1.43. The smallest absolute Gasteiger partial charge is 0.330 e. The number of thiophene rings is 1. The minimum absolute atomic E-state index is 0.254. The van der Waals surface area contributed by atoms with Crippen LogP contribution < -0.4 is 17.0 Å². The van der Waals surface area contributed by atoms with Crippen molar-refractivity contribution in [2.24, 2.45) is 5.73 Å². The number of aryl methyl sites for hydroxylation is 2. The molecular formula is C13H17N3O2S. The van der Waals surface area contributed by atoms with E-state index in [4.69, 9.17) is 5.73 Å². The first-order valence-corrected chi connectivity index (χ1v) is 7.18. The molecule has 0 fully saturated rings. The fourth-order valence-corrected chi connectivity index (χ4v) is 2.57. The lowest BCUT2D eigenvalue weighted by atomic mass is 10.2. The predicted octanol–water partition coefficient (Wildman–Crippen LogP) is 0.663. The van der Waals surface area contributed by atoms with Gasteiger partial charge in [-0.15, -0.1) is 0 Å². The van der Waals surface area contributed by atoms with Gasteiger partial charge in [0.15, 0.2) is 0 Å². The lowest BCUT2D eigenvalue weighted by Crippen LogP contribution is -2.39. The van der Waals surface area contributed by atoms with Gasteiger partial charge in [0.1, 0.15) is 0 Å². The Labute approximate surface area is 114 Å². The third-order valence-electron chi connectivity index (χ3n) is 2.95. The molecule has 0 unspecified atom stereocenters. The molecular weight excluding hydrogens is 262 g/mol. The number of rotatable bonds is 6. The van der Waals surface area contributed by atoms with Gasteiger partial charge in [0.25, 0.3) is 5.56 Å². The quantitative estimate of drug-likeness (QED) is 0.844. The third kappa shape index (κ3) is 3.42. The molecule has 2 heterocycles. The predicted molar refractivity (Wildman–Crippen MR) is 76.7 cm³/mol. The molecule has 0 saturated heterocycles. The number of hydrogen-bond acceptors (Lipinski definition) is 4. The van der Waals surface area contributed by atoms with Crippen molar-refractivity contribution in [3.63, 3.8) is 0 Å². The van der Waals surface area contributed by atoms with Crippen LogP contribution in [0.15, 0.2) is 38.7 Å². The fraction of sp³-hybridized carbons (Fsp3) is 0.385. The van der Waals surface area contributed by atoms with Gasteiger partial charge in [-0.2, -0.15) is 11.3 Å². The van der Waals surface area contributed by atoms with E-state index in [0.29, 0.717) is 26.1 Å². The SMILES string of the molecule is NCCCn1c(=O)ccn(CCc2ccsc2)c1=O. The van der Waals surface area contributed by atoms with Gasteiger partial charge in [0.05, 0.1) is 0 Å². The number of nitrogens with two attached hydrogens (primary N) is 1. The van der Waals surface area contributed by atoms with Crippen molar-refractivity contribution in [2.45, 2.75) is 25.9 Å². The maximum absolute atomic E-state index is 12.1. The lowest BCUT2D eigenvalue weighted by molar-refractivity contribution is 0.537. The van der Waals surface area contributed by atoms with Crippen LogP contribution in [0, 0.1) is 0 Å². The van der Waals surface area contributed by atoms with Gasteiger partial charge >= 0.3 is 5.69 Å². The van der Waals surface area contributed by atoms with E-state index in [9.17, 15) is 9.59 Å². The monoisotopic (exact) mass is 279 g/mol. The van der Waals surface area contributed by atoms with Gasteiger partial charge < -0.3 is 10.3 Å². The second-order valence-corrected chi connectivity index (χ2v) is 5.09. The molecule has 0 radical (unpaired) electrons. The molecule has 102 valence electrons. The summed E-state index contributed by atoms with van der Waals surface area (Å²) in [5.74, 6) is 0. The van der Waals surface area contributed by atoms with E-state index >= 15 is 0 Å². The summed E-state index contributed by atoms with van der Waals surface area (Å²) in [7, 11) is 0. The zero-order valence-corrected chi connectivity index (χ0v) is 11.4. The Hall–Kier alpha value is -1.66. The first-order valence-electron chi connectivity index (χ1n) is 6.24. The summed E-state index contributed by atoms with van der Waals surface area (Å²) >= 11 is 1.64. The number of aromatic nitrogens is 2. The summed E-state index contributed by atoms with van der Waals surface area (Å²) in [5, 5.41) is 4.08. The van der Waals surface area contributed by atoms with Crippen molar-refractivity contribution in [3.05, 3.63) is 55.5 Å². The molecule has 2 aromatic heterocycles. The Morgan fingerprint density at radius 1 is 1.21 bits per heavy atom. The zero-order valence-electron chi connectivity index (χ0n) is 10.6. The van der Waals surface area contributed by atoms with Crippen LogP contribution in [0.2, 0.25) is 0 Å². The van der Waals surface area contributed by atoms with Crippen LogP contribution in [-0.2, 0) is 19.5 Å². The molecule has 0 aliphatic carbocycles. The number of hydrogen-bond donors (Lipinski definition) is 1. The highest BCUT2D eigenvalue weighted by atomic mass is 32.1. The first kappa shape index (κ1) is 13.8. The Balaban J connectivity index is 2.17. The summed E-state index contributed by atoms with van der Waals surface area (Å²) in [4.78, 5) is 23.8. The largest absolute Gasteiger partial charge is 0.330 e. The van der Waals surface area contributed by atoms with Crippen LogP contribution in [0.3, 0.4) is 0 Å². The van der Waals surface area contributed by atoms with Crippen molar-refractivity contribution < 1.29 is 0 Å². The molecule has 0 atom stereocenters. The van der Waals surface area contributed by atoms with Gasteiger partial charge in [0, 0.05) is 25.4 Å². The maximum atomic E-state index is 12.1. The standard InChI is InChI=1S/C13H17N3O2S/c14-5-1-6-16-12(17)3-8-15(13(16)18)7-2-11-4-9-19-10-11/h3-4,8-10H,1-2,5-7,14H2. The lowest BCUT2D eigenvalue weighted by Gasteiger charge is -2.08. The zero-order chi connectivity index (χ0) is 13.7. The van der Waals surface area contributed by atoms with E-state index in [0.717, 1.165) is 6.42 Å². The van der Waals surface area contributed by atoms with Crippen molar-refractivity contribution in [2.75, 3.05) is 6.54 Å². The Bertz CT molecular complexity index is 628. The topological polar surface area (TPSA) is 70.0 Å². The van der Waals surface area contributed by atoms with Crippen molar-refractivity contribution in [3.8, 4) is 0 Å². The summed E-state index contributed by atoms with van der Waals surface area (Å²) in [6.07, 6.45) is 2.98. The van der Waals surface area contributed by atoms with E-state index in [2.05, 4.69) is 5.38 Å². The Kier molecular flexibility index (Phi) is 4.70. The van der Waals surface area contributed by atoms with Crippen LogP contribution in [0.4, 0.5) is 0 Å². The molecule has 0 spiro atoms. The van der Waals surface area contributed by atoms with Crippen molar-refractivity contribution in [1.29, 1.82) is 0 Å². The molecule has 0 aliphatic heterocycles. The minimum atomic E-state index is -0.259. The van der Waals surface area contributed by atoms with Gasteiger partial charge in [-0.1, -0.05) is 0 Å². The van der Waals surface area contributed by atoms with Crippen molar-refractivity contribution >= 4 is 11.3 Å². The molecule has 2 rings (SSSR count). The fourth-order valence-electron chi connectivity index (χ4n) is 1.87. The molecule has 0 saturated carbocycles. The highest BCUT2D eigenvalue weighted by molar-refractivity contribution is 7.07. The normalized spacial score (nSPS) is 10.8. The van der Waals surface area contributed by atoms with Crippen LogP contribution >= 0.6 is 11.3 Å². The van der Waals surface area contributed by atoms with Gasteiger partial charge in [-0.05, 0) is 41.8 Å². The van der Waals surface area contributed by atoms with E-state index in [-0.39, 0.29) is 11.2 Å². The molecule has 0 aromatic carbocycles. The molecule has 2 N–H and O–H groups in total. The van der Waals surface area contributed by atoms with Crippen LogP contribution in [-0.4, -0.2) is 15.7 Å². The first-order chi connectivity index (χ1) is 9.22. The highest BCUT2D eigenvalue weighted by Crippen LogP contribution is 2.06. The molecule has 0 aliphatic rings. The van der Waals surface area contributed by atoms with Crippen LogP contribution in [0.25, 0.3) is 0 Å². The molecule has 6 heteroatoms. The maximum Gasteiger partial charge on any atom is 0.330 e. The van der Waals surface area contributed by atoms with E-state index in [1.807, 2.05) is 11.4 Å². The number of nitrogens with zero attached hydrogens (tertiary/aromatic N) is 2. The van der Waals surface area contributed by atoms with Crippen LogP contribution in [0.1, 0.15) is 12.0 Å². The molecule has 19 heavy (non-hydrogen) atoms. The van der Waals surface area contributed by atoms with E-state index in [1.54, 1.807) is 22.1 Å². The van der Waals surface area contributed by atoms with Crippen molar-refractivity contribution in [1.82, 2.24) is 9.13 Å². The minimum Gasteiger partial charge on any atom is -0.330 e. The van der Waals surface area contributed by atoms with Crippen LogP contribution in [0.5, 0.6) is 0 Å². The van der Waals surface area contributed by atoms with Gasteiger partial charge in [0.2, 0.25) is 0 Å².